The lowest BCUT2D eigenvalue weighted by Crippen LogP contribution is -2.49. The number of hydrogen-bond acceptors (Lipinski definition) is 4. The third-order valence-electron chi connectivity index (χ3n) is 6.24. The number of thiophene rings is 1. The van der Waals surface area contributed by atoms with Gasteiger partial charge in [-0.15, -0.1) is 11.3 Å². The van der Waals surface area contributed by atoms with Gasteiger partial charge < -0.3 is 15.0 Å². The lowest BCUT2D eigenvalue weighted by atomic mass is 9.82. The number of carbonyl (C=O) groups is 2. The molecule has 1 aliphatic carbocycles. The smallest absolute Gasteiger partial charge is 0.261 e. The fourth-order valence-electron chi connectivity index (χ4n) is 4.80. The number of ether oxygens (including phenoxy) is 1. The fraction of sp³-hybridized carbons (Fsp3) is 0.714. The van der Waals surface area contributed by atoms with Crippen molar-refractivity contribution < 1.29 is 14.3 Å². The van der Waals surface area contributed by atoms with Gasteiger partial charge in [-0.1, -0.05) is 12.8 Å². The van der Waals surface area contributed by atoms with Gasteiger partial charge in [0.2, 0.25) is 5.91 Å². The van der Waals surface area contributed by atoms with Crippen molar-refractivity contribution in [3.05, 3.63) is 21.4 Å². The fourth-order valence-corrected chi connectivity index (χ4v) is 5.93. The molecule has 2 fully saturated rings. The van der Waals surface area contributed by atoms with Crippen LogP contribution >= 0.6 is 11.3 Å². The number of fused-ring (bicyclic) bond motifs is 2. The third kappa shape index (κ3) is 3.66. The second kappa shape index (κ2) is 7.55. The van der Waals surface area contributed by atoms with Gasteiger partial charge in [-0.25, -0.2) is 0 Å². The van der Waals surface area contributed by atoms with Gasteiger partial charge in [0.25, 0.3) is 5.91 Å². The maximum atomic E-state index is 12.7. The molecule has 148 valence electrons. The predicted molar refractivity (Wildman–Crippen MR) is 106 cm³/mol. The van der Waals surface area contributed by atoms with Gasteiger partial charge >= 0.3 is 0 Å². The van der Waals surface area contributed by atoms with Gasteiger partial charge in [0.1, 0.15) is 0 Å². The monoisotopic (exact) mass is 390 g/mol. The molecule has 3 heterocycles. The molecule has 1 spiro atoms. The number of hydrogen-bond donors (Lipinski definition) is 1. The molecule has 0 radical (unpaired) electrons. The third-order valence-corrected chi connectivity index (χ3v) is 7.43. The highest BCUT2D eigenvalue weighted by Gasteiger charge is 2.43. The van der Waals surface area contributed by atoms with E-state index in [0.29, 0.717) is 12.5 Å². The topological polar surface area (TPSA) is 58.6 Å². The van der Waals surface area contributed by atoms with Crippen LogP contribution in [0.2, 0.25) is 0 Å². The van der Waals surface area contributed by atoms with Crippen LogP contribution in [0.25, 0.3) is 0 Å². The summed E-state index contributed by atoms with van der Waals surface area (Å²) < 4.78 is 6.30. The van der Waals surface area contributed by atoms with Gasteiger partial charge in [-0.05, 0) is 51.2 Å². The summed E-state index contributed by atoms with van der Waals surface area (Å²) in [6, 6.07) is 2.18. The molecule has 1 saturated heterocycles. The molecule has 0 unspecified atom stereocenters. The molecule has 1 saturated carbocycles. The summed E-state index contributed by atoms with van der Waals surface area (Å²) in [6.45, 7) is 6.19. The number of amides is 2. The van der Waals surface area contributed by atoms with Crippen molar-refractivity contribution in [3.8, 4) is 0 Å². The molecule has 4 rings (SSSR count). The van der Waals surface area contributed by atoms with Crippen LogP contribution in [0.3, 0.4) is 0 Å². The number of nitrogens with zero attached hydrogens (tertiary/aromatic N) is 1. The van der Waals surface area contributed by atoms with E-state index in [4.69, 9.17) is 4.74 Å². The molecule has 1 aromatic rings. The van der Waals surface area contributed by atoms with E-state index >= 15 is 0 Å². The molecule has 5 nitrogen and oxygen atoms in total. The Morgan fingerprint density at radius 2 is 1.96 bits per heavy atom. The van der Waals surface area contributed by atoms with E-state index in [9.17, 15) is 9.59 Å². The average Bonchev–Trinajstić information content (AvgIpc) is 3.32. The van der Waals surface area contributed by atoms with Gasteiger partial charge in [0.05, 0.1) is 17.1 Å². The van der Waals surface area contributed by atoms with E-state index in [1.54, 1.807) is 11.3 Å². The number of likely N-dealkylation sites (tertiary alicyclic amines) is 1. The first-order chi connectivity index (χ1) is 13.0. The highest BCUT2D eigenvalue weighted by atomic mass is 32.1. The first-order valence-electron chi connectivity index (χ1n) is 10.4. The molecule has 0 atom stereocenters. The first kappa shape index (κ1) is 18.9. The summed E-state index contributed by atoms with van der Waals surface area (Å²) in [5.74, 6) is 0.600. The van der Waals surface area contributed by atoms with E-state index in [1.165, 1.54) is 23.3 Å². The highest BCUT2D eigenvalue weighted by Crippen LogP contribution is 2.45. The van der Waals surface area contributed by atoms with Crippen LogP contribution in [0, 0.1) is 5.92 Å². The van der Waals surface area contributed by atoms with E-state index in [1.807, 2.05) is 19.9 Å². The highest BCUT2D eigenvalue weighted by molar-refractivity contribution is 7.14. The normalized spacial score (nSPS) is 22.3. The summed E-state index contributed by atoms with van der Waals surface area (Å²) >= 11 is 1.61. The lowest BCUT2D eigenvalue weighted by molar-refractivity contribution is -0.144. The minimum atomic E-state index is -0.313. The number of rotatable bonds is 3. The predicted octanol–water partition coefficient (Wildman–Crippen LogP) is 3.47. The Balaban J connectivity index is 1.48. The van der Waals surface area contributed by atoms with Crippen molar-refractivity contribution in [2.45, 2.75) is 70.4 Å². The Bertz CT molecular complexity index is 713. The Kier molecular flexibility index (Phi) is 5.30. The molecule has 1 N–H and O–H groups in total. The van der Waals surface area contributed by atoms with Crippen LogP contribution in [-0.4, -0.2) is 42.5 Å². The van der Waals surface area contributed by atoms with Crippen LogP contribution in [0.15, 0.2) is 6.07 Å². The summed E-state index contributed by atoms with van der Waals surface area (Å²) in [5.41, 5.74) is 0.882. The number of piperidine rings is 1. The second-order valence-corrected chi connectivity index (χ2v) is 9.61. The summed E-state index contributed by atoms with van der Waals surface area (Å²) in [5, 5.41) is 2.99. The van der Waals surface area contributed by atoms with Crippen molar-refractivity contribution in [3.63, 3.8) is 0 Å². The number of carbonyl (C=O) groups excluding carboxylic acids is 2. The Hall–Kier alpha value is -1.40. The molecule has 2 aliphatic heterocycles. The van der Waals surface area contributed by atoms with Crippen LogP contribution in [0.4, 0.5) is 0 Å². The quantitative estimate of drug-likeness (QED) is 0.860. The van der Waals surface area contributed by atoms with Crippen LogP contribution < -0.4 is 5.32 Å². The SMILES string of the molecule is CC(C)NC(=O)c1cc2c(s1)CCOC21CCN(C(=O)C2CCCC2)CC1. The maximum Gasteiger partial charge on any atom is 0.261 e. The Morgan fingerprint density at radius 3 is 2.63 bits per heavy atom. The van der Waals surface area contributed by atoms with Crippen molar-refractivity contribution in [1.82, 2.24) is 10.2 Å². The standard InChI is InChI=1S/C21H30N2O3S/c1-14(2)22-19(24)18-13-16-17(27-18)7-12-26-21(16)8-10-23(11-9-21)20(25)15-5-3-4-6-15/h13-15H,3-12H2,1-2H3,(H,22,24). The van der Waals surface area contributed by atoms with E-state index in [-0.39, 0.29) is 23.5 Å². The molecule has 27 heavy (non-hydrogen) atoms. The zero-order valence-corrected chi connectivity index (χ0v) is 17.2. The van der Waals surface area contributed by atoms with E-state index < -0.39 is 0 Å². The van der Waals surface area contributed by atoms with Crippen molar-refractivity contribution in [2.24, 2.45) is 5.92 Å². The van der Waals surface area contributed by atoms with Gasteiger partial charge in [-0.3, -0.25) is 9.59 Å². The van der Waals surface area contributed by atoms with Crippen LogP contribution in [-0.2, 0) is 21.6 Å². The zero-order valence-electron chi connectivity index (χ0n) is 16.4. The van der Waals surface area contributed by atoms with Crippen LogP contribution in [0.5, 0.6) is 0 Å². The molecule has 0 aromatic carbocycles. The summed E-state index contributed by atoms with van der Waals surface area (Å²) in [7, 11) is 0. The molecule has 3 aliphatic rings. The van der Waals surface area contributed by atoms with Crippen molar-refractivity contribution in [1.29, 1.82) is 0 Å². The van der Waals surface area contributed by atoms with E-state index in [2.05, 4.69) is 10.2 Å². The minimum Gasteiger partial charge on any atom is -0.370 e. The van der Waals surface area contributed by atoms with Gasteiger partial charge in [0, 0.05) is 36.3 Å². The molecular weight excluding hydrogens is 360 g/mol. The second-order valence-electron chi connectivity index (χ2n) is 8.48. The first-order valence-corrected chi connectivity index (χ1v) is 11.2. The molecule has 1 aromatic heterocycles. The van der Waals surface area contributed by atoms with Crippen molar-refractivity contribution >= 4 is 23.2 Å². The Labute approximate surface area is 165 Å². The van der Waals surface area contributed by atoms with Gasteiger partial charge in [0.15, 0.2) is 0 Å². The number of nitrogens with one attached hydrogen (secondary N) is 1. The Morgan fingerprint density at radius 1 is 1.26 bits per heavy atom. The van der Waals surface area contributed by atoms with Gasteiger partial charge in [-0.2, -0.15) is 0 Å². The largest absolute Gasteiger partial charge is 0.370 e. The van der Waals surface area contributed by atoms with Crippen LogP contribution in [0.1, 0.15) is 72.5 Å². The lowest BCUT2D eigenvalue weighted by Gasteiger charge is -2.44. The van der Waals surface area contributed by atoms with E-state index in [0.717, 1.165) is 50.1 Å². The maximum absolute atomic E-state index is 12.7. The average molecular weight is 391 g/mol. The molecule has 0 bridgehead atoms. The molecule has 2 amide bonds. The summed E-state index contributed by atoms with van der Waals surface area (Å²) in [4.78, 5) is 29.3. The minimum absolute atomic E-state index is 0.00778. The molecule has 6 heteroatoms. The van der Waals surface area contributed by atoms with Crippen molar-refractivity contribution in [2.75, 3.05) is 19.7 Å². The molecular formula is C21H30N2O3S. The summed E-state index contributed by atoms with van der Waals surface area (Å²) in [6.07, 6.45) is 7.04. The zero-order chi connectivity index (χ0) is 19.0.